The van der Waals surface area contributed by atoms with Crippen molar-refractivity contribution in [2.45, 2.75) is 76.3 Å². The Labute approximate surface area is 199 Å². The molecule has 0 radical (unpaired) electrons. The van der Waals surface area contributed by atoms with Gasteiger partial charge in [0.25, 0.3) is 0 Å². The van der Waals surface area contributed by atoms with Gasteiger partial charge < -0.3 is 24.0 Å². The minimum atomic E-state index is -0.751. The Bertz CT molecular complexity index is 739. The molecule has 2 unspecified atom stereocenters. The molecule has 0 saturated heterocycles. The van der Waals surface area contributed by atoms with Crippen molar-refractivity contribution in [3.05, 3.63) is 47.5 Å². The van der Waals surface area contributed by atoms with Crippen molar-refractivity contribution in [3.63, 3.8) is 0 Å². The molecule has 0 heterocycles. The number of unbranched alkanes of at least 4 members (excludes halogenated alkanes) is 3. The van der Waals surface area contributed by atoms with Crippen LogP contribution in [0.25, 0.3) is 0 Å². The quantitative estimate of drug-likeness (QED) is 0.194. The summed E-state index contributed by atoms with van der Waals surface area (Å²) in [5, 5.41) is 19.4. The molecular formula is C24H40O6P2. The summed E-state index contributed by atoms with van der Waals surface area (Å²) in [6.45, 7) is 0.570. The number of rotatable bonds is 16. The number of carbonyl (C=O) groups is 1. The van der Waals surface area contributed by atoms with Crippen LogP contribution < -0.4 is 0 Å². The van der Waals surface area contributed by atoms with Gasteiger partial charge in [-0.25, -0.2) is 0 Å². The maximum Gasteiger partial charge on any atom is 0.303 e. The van der Waals surface area contributed by atoms with E-state index < -0.39 is 12.1 Å². The van der Waals surface area contributed by atoms with Gasteiger partial charge in [0.1, 0.15) is 0 Å². The smallest absolute Gasteiger partial charge is 0.303 e. The van der Waals surface area contributed by atoms with Crippen LogP contribution in [0.15, 0.2) is 36.4 Å². The van der Waals surface area contributed by atoms with Gasteiger partial charge in [-0.1, -0.05) is 55.7 Å². The van der Waals surface area contributed by atoms with E-state index in [1.54, 1.807) is 7.11 Å². The van der Waals surface area contributed by atoms with Gasteiger partial charge in [0.2, 0.25) is 0 Å². The van der Waals surface area contributed by atoms with Gasteiger partial charge in [-0.3, -0.25) is 4.79 Å². The number of aliphatic hydroxyl groups excluding tert-OH is 1. The maximum atomic E-state index is 10.7. The molecule has 6 nitrogen and oxygen atoms in total. The molecule has 0 bridgehead atoms. The largest absolute Gasteiger partial charge is 0.481 e. The molecule has 1 aromatic carbocycles. The molecule has 1 aliphatic carbocycles. The second kappa shape index (κ2) is 15.1. The molecule has 32 heavy (non-hydrogen) atoms. The van der Waals surface area contributed by atoms with Gasteiger partial charge in [0, 0.05) is 52.6 Å². The third-order valence-electron chi connectivity index (χ3n) is 6.18. The molecule has 1 fully saturated rings. The predicted octanol–water partition coefficient (Wildman–Crippen LogP) is 4.95. The SMILES string of the molecule is [3HH].[3H]PO[C@@H]1C[C@H](O)[C@H](CCCCCCC(=O)O)[C@H]1/C=C/[C@H](Cc1cccc(COC)c1)OP. The lowest BCUT2D eigenvalue weighted by molar-refractivity contribution is -0.137. The number of ether oxygens (including phenoxy) is 1. The average Bonchev–Trinajstić information content (AvgIpc) is 3.08. The van der Waals surface area contributed by atoms with Crippen molar-refractivity contribution in [1.82, 2.24) is 0 Å². The van der Waals surface area contributed by atoms with Gasteiger partial charge in [0.05, 0.1) is 26.2 Å². The van der Waals surface area contributed by atoms with E-state index in [0.717, 1.165) is 36.8 Å². The summed E-state index contributed by atoms with van der Waals surface area (Å²) in [6.07, 6.45) is 9.17. The summed E-state index contributed by atoms with van der Waals surface area (Å²) in [7, 11) is 3.66. The number of benzene rings is 1. The highest BCUT2D eigenvalue weighted by Gasteiger charge is 2.40. The predicted molar refractivity (Wildman–Crippen MR) is 134 cm³/mol. The highest BCUT2D eigenvalue weighted by Crippen LogP contribution is 2.39. The maximum absolute atomic E-state index is 10.7. The first kappa shape index (κ1) is 25.7. The Morgan fingerprint density at radius 3 is 2.84 bits per heavy atom. The first-order chi connectivity index (χ1) is 16.0. The Hall–Kier alpha value is -0.870. The molecule has 1 saturated carbocycles. The van der Waals surface area contributed by atoms with Gasteiger partial charge >= 0.3 is 5.97 Å². The molecular weight excluding hydrogens is 446 g/mol. The fraction of sp³-hybridized carbons (Fsp3) is 0.625. The number of methoxy groups -OCH3 is 1. The normalized spacial score (nSPS) is 25.0. The topological polar surface area (TPSA) is 85.2 Å². The third-order valence-corrected chi connectivity index (χ3v) is 6.84. The van der Waals surface area contributed by atoms with E-state index >= 15 is 0 Å². The van der Waals surface area contributed by atoms with Crippen LogP contribution >= 0.6 is 18.9 Å². The van der Waals surface area contributed by atoms with Crippen molar-refractivity contribution in [2.75, 3.05) is 7.11 Å². The molecule has 1 aromatic rings. The van der Waals surface area contributed by atoms with E-state index in [-0.39, 0.29) is 41.3 Å². The number of aliphatic carboxylic acids is 1. The van der Waals surface area contributed by atoms with Crippen LogP contribution in [0.5, 0.6) is 0 Å². The molecule has 182 valence electrons. The Balaban J connectivity index is 0.00000578. The summed E-state index contributed by atoms with van der Waals surface area (Å²) in [5.74, 6) is -0.657. The molecule has 0 spiro atoms. The molecule has 8 heteroatoms. The highest BCUT2D eigenvalue weighted by atomic mass is 31.0. The van der Waals surface area contributed by atoms with Crippen LogP contribution in [0.1, 0.15) is 57.5 Å². The minimum Gasteiger partial charge on any atom is -0.481 e. The van der Waals surface area contributed by atoms with Crippen molar-refractivity contribution < 1.29 is 30.2 Å². The van der Waals surface area contributed by atoms with Gasteiger partial charge in [-0.2, -0.15) is 0 Å². The summed E-state index contributed by atoms with van der Waals surface area (Å²) < 4.78 is 24.0. The van der Waals surface area contributed by atoms with Crippen LogP contribution in [-0.4, -0.2) is 42.9 Å². The van der Waals surface area contributed by atoms with Crippen molar-refractivity contribution in [2.24, 2.45) is 11.8 Å². The fourth-order valence-corrected chi connectivity index (χ4v) is 4.99. The first-order valence-electron chi connectivity index (χ1n) is 11.8. The summed E-state index contributed by atoms with van der Waals surface area (Å²) in [6, 6.07) is 8.25. The van der Waals surface area contributed by atoms with Gasteiger partial charge in [-0.05, 0) is 29.9 Å². The minimum absolute atomic E-state index is 0. The lowest BCUT2D eigenvalue weighted by Gasteiger charge is -2.23. The molecule has 0 amide bonds. The number of hydrogen-bond donors (Lipinski definition) is 2. The van der Waals surface area contributed by atoms with E-state index in [4.69, 9.17) is 20.2 Å². The number of hydrogen-bond acceptors (Lipinski definition) is 5. The van der Waals surface area contributed by atoms with Crippen LogP contribution in [0.2, 0.25) is 0 Å². The molecule has 7 atom stereocenters. The molecule has 2 rings (SSSR count). The molecule has 1 aliphatic rings. The number of carboxylic acids is 1. The zero-order chi connectivity index (χ0) is 24.1. The second-order valence-electron chi connectivity index (χ2n) is 8.56. The van der Waals surface area contributed by atoms with Crippen molar-refractivity contribution in [1.29, 1.82) is 1.28 Å². The zero-order valence-corrected chi connectivity index (χ0v) is 21.0. The van der Waals surface area contributed by atoms with Gasteiger partial charge in [0.15, 0.2) is 0 Å². The van der Waals surface area contributed by atoms with Gasteiger partial charge in [-0.15, -0.1) is 0 Å². The summed E-state index contributed by atoms with van der Waals surface area (Å²) >= 11 is 0. The second-order valence-corrected chi connectivity index (χ2v) is 9.07. The van der Waals surface area contributed by atoms with E-state index in [0.29, 0.717) is 25.9 Å². The van der Waals surface area contributed by atoms with E-state index in [9.17, 15) is 9.90 Å². The summed E-state index contributed by atoms with van der Waals surface area (Å²) in [4.78, 5) is 10.7. The third kappa shape index (κ3) is 9.17. The number of carboxylic acid groups (broad SMARTS) is 1. The van der Waals surface area contributed by atoms with E-state index in [1.807, 2.05) is 18.2 Å². The van der Waals surface area contributed by atoms with Crippen molar-refractivity contribution in [3.8, 4) is 0 Å². The molecule has 2 N–H and O–H groups in total. The van der Waals surface area contributed by atoms with Crippen LogP contribution in [0, 0.1) is 11.8 Å². The van der Waals surface area contributed by atoms with E-state index in [2.05, 4.69) is 27.7 Å². The molecule has 0 aromatic heterocycles. The van der Waals surface area contributed by atoms with Crippen LogP contribution in [0.3, 0.4) is 0 Å². The number of aliphatic hydroxyl groups is 1. The summed E-state index contributed by atoms with van der Waals surface area (Å²) in [5.41, 5.74) is 2.28. The lowest BCUT2D eigenvalue weighted by atomic mass is 9.87. The monoisotopic (exact) mass is 490 g/mol. The van der Waals surface area contributed by atoms with Crippen LogP contribution in [-0.2, 0) is 31.6 Å². The van der Waals surface area contributed by atoms with Crippen LogP contribution in [0.4, 0.5) is 0 Å². The Kier molecular flexibility index (Phi) is 12.2. The van der Waals surface area contributed by atoms with Crippen molar-refractivity contribution >= 4 is 24.8 Å². The molecule has 0 aliphatic heterocycles. The highest BCUT2D eigenvalue weighted by molar-refractivity contribution is 7.10. The standard InChI is InChI=1S/C24H38O6P2.H2/c1-28-16-18-8-6-7-17(13-18)14-19(29-31)11-12-21-20(22(25)15-23(21)30-32)9-4-2-3-5-10-24(26)27;/h6-8,11-13,19-23,25H,2-5,9-10,14-16,31-32H2,1H3,(H,26,27);1H/b12-11+;/t19-,20-,21-,22+,23-;/m1./s1/i32T;1+2/t19-,20-,21-,22+,23-,32?;. The Morgan fingerprint density at radius 2 is 2.12 bits per heavy atom. The fourth-order valence-electron chi connectivity index (χ4n) is 4.55. The Morgan fingerprint density at radius 1 is 1.34 bits per heavy atom. The average molecular weight is 491 g/mol. The lowest BCUT2D eigenvalue weighted by Crippen LogP contribution is -2.21. The first-order valence-corrected chi connectivity index (χ1v) is 12.2. The zero-order valence-electron chi connectivity index (χ0n) is 19.8. The van der Waals surface area contributed by atoms with E-state index in [1.165, 1.54) is 0 Å².